The smallest absolute Gasteiger partial charge is 0.401 e. The first-order chi connectivity index (χ1) is 14.2. The molecule has 0 saturated heterocycles. The number of hydrogen-bond acceptors (Lipinski definition) is 6. The molecule has 0 aromatic carbocycles. The van der Waals surface area contributed by atoms with Crippen LogP contribution in [0, 0.1) is 17.8 Å². The van der Waals surface area contributed by atoms with E-state index in [1.54, 1.807) is 69.2 Å². The second-order valence-corrected chi connectivity index (χ2v) is 10.5. The maximum atomic E-state index is 13.7. The summed E-state index contributed by atoms with van der Waals surface area (Å²) in [5, 5.41) is 4.70. The number of carbonyl (C=O) groups excluding carboxylic acids is 3. The van der Waals surface area contributed by atoms with E-state index in [-0.39, 0.29) is 5.92 Å². The van der Waals surface area contributed by atoms with Gasteiger partial charge in [0.25, 0.3) is 0 Å². The molecule has 0 heterocycles. The second kappa shape index (κ2) is 11.3. The fourth-order valence-corrected chi connectivity index (χ4v) is 2.68. The predicted molar refractivity (Wildman–Crippen MR) is 115 cm³/mol. The van der Waals surface area contributed by atoms with Crippen molar-refractivity contribution in [1.82, 2.24) is 10.6 Å². The summed E-state index contributed by atoms with van der Waals surface area (Å²) in [5.41, 5.74) is -1.68. The van der Waals surface area contributed by atoms with E-state index in [4.69, 9.17) is 9.47 Å². The van der Waals surface area contributed by atoms with Gasteiger partial charge in [-0.25, -0.2) is 4.79 Å². The lowest BCUT2D eigenvalue weighted by atomic mass is 10.00. The van der Waals surface area contributed by atoms with Crippen molar-refractivity contribution in [3.8, 4) is 0 Å². The Balaban J connectivity index is 5.54. The van der Waals surface area contributed by atoms with Crippen LogP contribution in [-0.2, 0) is 23.9 Å². The van der Waals surface area contributed by atoms with Gasteiger partial charge in [-0.15, -0.1) is 0 Å². The van der Waals surface area contributed by atoms with Crippen LogP contribution in [0.3, 0.4) is 0 Å². The molecule has 0 spiro atoms. The zero-order valence-corrected chi connectivity index (χ0v) is 20.8. The van der Waals surface area contributed by atoms with Gasteiger partial charge in [-0.05, 0) is 53.4 Å². The molecule has 0 aromatic rings. The van der Waals surface area contributed by atoms with E-state index < -0.39 is 65.7 Å². The molecule has 32 heavy (non-hydrogen) atoms. The van der Waals surface area contributed by atoms with Crippen molar-refractivity contribution in [1.29, 1.82) is 0 Å². The highest BCUT2D eigenvalue weighted by atomic mass is 19.4. The van der Waals surface area contributed by atoms with Gasteiger partial charge in [-0.2, -0.15) is 13.2 Å². The van der Waals surface area contributed by atoms with E-state index in [9.17, 15) is 27.6 Å². The van der Waals surface area contributed by atoms with Crippen LogP contribution < -0.4 is 10.6 Å². The molecule has 3 atom stereocenters. The average Bonchev–Trinajstić information content (AvgIpc) is 2.50. The Bertz CT molecular complexity index is 649. The Kier molecular flexibility index (Phi) is 10.7. The lowest BCUT2D eigenvalue weighted by Crippen LogP contribution is -2.55. The van der Waals surface area contributed by atoms with E-state index in [1.165, 1.54) is 0 Å². The second-order valence-electron chi connectivity index (χ2n) is 10.5. The molecule has 0 aliphatic rings. The van der Waals surface area contributed by atoms with Gasteiger partial charge >= 0.3 is 18.1 Å². The highest BCUT2D eigenvalue weighted by molar-refractivity contribution is 5.86. The first-order valence-corrected chi connectivity index (χ1v) is 10.7. The third-order valence-electron chi connectivity index (χ3n) is 4.21. The van der Waals surface area contributed by atoms with Crippen LogP contribution in [0.4, 0.5) is 13.2 Å². The SMILES string of the molecule is CC(C)[C@H](NC[C@@H](C(=O)N[C@H](C(=O)OC(C)(C)C)C(C)C)C(F)(F)F)C(=O)OC(C)(C)C. The van der Waals surface area contributed by atoms with Gasteiger partial charge in [-0.1, -0.05) is 27.7 Å². The number of hydrogen-bond donors (Lipinski definition) is 2. The molecule has 10 heteroatoms. The van der Waals surface area contributed by atoms with Crippen molar-refractivity contribution in [3.05, 3.63) is 0 Å². The Hall–Kier alpha value is -1.84. The molecule has 0 fully saturated rings. The van der Waals surface area contributed by atoms with Crippen molar-refractivity contribution in [3.63, 3.8) is 0 Å². The first-order valence-electron chi connectivity index (χ1n) is 10.7. The third-order valence-corrected chi connectivity index (χ3v) is 4.21. The number of esters is 2. The fourth-order valence-electron chi connectivity index (χ4n) is 2.68. The van der Waals surface area contributed by atoms with Gasteiger partial charge < -0.3 is 20.1 Å². The van der Waals surface area contributed by atoms with Gasteiger partial charge in [0, 0.05) is 6.54 Å². The maximum absolute atomic E-state index is 13.7. The van der Waals surface area contributed by atoms with E-state index in [2.05, 4.69) is 10.6 Å². The zero-order chi connectivity index (χ0) is 25.7. The minimum Gasteiger partial charge on any atom is -0.459 e. The van der Waals surface area contributed by atoms with Crippen molar-refractivity contribution >= 4 is 17.8 Å². The number of ether oxygens (including phenoxy) is 2. The summed E-state index contributed by atoms with van der Waals surface area (Å²) in [6.07, 6.45) is -4.90. The molecule has 0 aliphatic heterocycles. The summed E-state index contributed by atoms with van der Waals surface area (Å²) in [5.74, 6) is -6.25. The van der Waals surface area contributed by atoms with Crippen LogP contribution in [-0.4, -0.2) is 53.9 Å². The highest BCUT2D eigenvalue weighted by Crippen LogP contribution is 2.27. The van der Waals surface area contributed by atoms with Crippen molar-refractivity contribution in [2.75, 3.05) is 6.54 Å². The lowest BCUT2D eigenvalue weighted by Gasteiger charge is -2.30. The van der Waals surface area contributed by atoms with E-state index >= 15 is 0 Å². The summed E-state index contributed by atoms with van der Waals surface area (Å²) >= 11 is 0. The number of amides is 1. The summed E-state index contributed by atoms with van der Waals surface area (Å²) in [4.78, 5) is 37.3. The average molecular weight is 469 g/mol. The molecule has 0 radical (unpaired) electrons. The normalized spacial score (nSPS) is 15.8. The van der Waals surface area contributed by atoms with E-state index in [0.29, 0.717) is 0 Å². The van der Waals surface area contributed by atoms with Crippen LogP contribution in [0.2, 0.25) is 0 Å². The van der Waals surface area contributed by atoms with Gasteiger partial charge in [0.15, 0.2) is 0 Å². The summed E-state index contributed by atoms with van der Waals surface area (Å²) in [6.45, 7) is 15.4. The van der Waals surface area contributed by atoms with E-state index in [0.717, 1.165) is 0 Å². The molecule has 0 rings (SSSR count). The molecule has 0 bridgehead atoms. The molecule has 0 aliphatic carbocycles. The van der Waals surface area contributed by atoms with Gasteiger partial charge in [-0.3, -0.25) is 9.59 Å². The Morgan fingerprint density at radius 2 is 1.12 bits per heavy atom. The summed E-state index contributed by atoms with van der Waals surface area (Å²) < 4.78 is 51.5. The number of alkyl halides is 3. The maximum Gasteiger partial charge on any atom is 0.401 e. The third kappa shape index (κ3) is 11.2. The topological polar surface area (TPSA) is 93.7 Å². The molecular weight excluding hydrogens is 429 g/mol. The van der Waals surface area contributed by atoms with Gasteiger partial charge in [0.05, 0.1) is 0 Å². The lowest BCUT2D eigenvalue weighted by molar-refractivity contribution is -0.185. The van der Waals surface area contributed by atoms with Crippen molar-refractivity contribution in [2.24, 2.45) is 17.8 Å². The van der Waals surface area contributed by atoms with Crippen molar-refractivity contribution < 1.29 is 37.0 Å². The minimum absolute atomic E-state index is 0.382. The zero-order valence-electron chi connectivity index (χ0n) is 20.8. The minimum atomic E-state index is -4.90. The molecular formula is C22H39F3N2O5. The molecule has 7 nitrogen and oxygen atoms in total. The quantitative estimate of drug-likeness (QED) is 0.502. The Morgan fingerprint density at radius 3 is 1.44 bits per heavy atom. The molecule has 0 saturated carbocycles. The Morgan fingerprint density at radius 1 is 0.750 bits per heavy atom. The van der Waals surface area contributed by atoms with Gasteiger partial charge in [0.1, 0.15) is 29.2 Å². The molecule has 0 unspecified atom stereocenters. The van der Waals surface area contributed by atoms with Crippen LogP contribution in [0.25, 0.3) is 0 Å². The summed E-state index contributed by atoms with van der Waals surface area (Å²) in [6, 6.07) is -2.29. The molecule has 188 valence electrons. The fraction of sp³-hybridized carbons (Fsp3) is 0.864. The molecule has 2 N–H and O–H groups in total. The van der Waals surface area contributed by atoms with Crippen LogP contribution in [0.15, 0.2) is 0 Å². The number of nitrogens with one attached hydrogen (secondary N) is 2. The van der Waals surface area contributed by atoms with E-state index in [1.807, 2.05) is 0 Å². The number of carbonyl (C=O) groups is 3. The standard InChI is InChI=1S/C22H39F3N2O5/c1-12(2)15(18(29)31-20(5,6)7)26-11-14(22(23,24)25)17(28)27-16(13(3)4)19(30)32-21(8,9)10/h12-16,26H,11H2,1-10H3,(H,27,28)/t14-,15-,16-/m0/s1. The van der Waals surface area contributed by atoms with Crippen LogP contribution in [0.5, 0.6) is 0 Å². The first kappa shape index (κ1) is 30.2. The number of halogens is 3. The monoisotopic (exact) mass is 468 g/mol. The van der Waals surface area contributed by atoms with Crippen LogP contribution >= 0.6 is 0 Å². The number of rotatable bonds is 9. The highest BCUT2D eigenvalue weighted by Gasteiger charge is 2.46. The molecule has 1 amide bonds. The van der Waals surface area contributed by atoms with Crippen LogP contribution in [0.1, 0.15) is 69.2 Å². The van der Waals surface area contributed by atoms with Crippen molar-refractivity contribution in [2.45, 2.75) is 98.7 Å². The molecule has 0 aromatic heterocycles. The largest absolute Gasteiger partial charge is 0.459 e. The van der Waals surface area contributed by atoms with Gasteiger partial charge in [0.2, 0.25) is 5.91 Å². The Labute approximate surface area is 189 Å². The summed E-state index contributed by atoms with van der Waals surface area (Å²) in [7, 11) is 0. The predicted octanol–water partition coefficient (Wildman–Crippen LogP) is 3.60.